The van der Waals surface area contributed by atoms with Crippen molar-refractivity contribution in [3.8, 4) is 0 Å². The molecule has 3 N–H and O–H groups in total. The summed E-state index contributed by atoms with van der Waals surface area (Å²) in [6, 6.07) is 0.837. The Morgan fingerprint density at radius 2 is 2.10 bits per heavy atom. The van der Waals surface area contributed by atoms with Gasteiger partial charge in [-0.05, 0) is 12.5 Å². The molecule has 1 rings (SSSR count). The highest BCUT2D eigenvalue weighted by atomic mass is 32.2. The van der Waals surface area contributed by atoms with Gasteiger partial charge in [-0.2, -0.15) is 5.10 Å². The van der Waals surface area contributed by atoms with E-state index in [1.54, 1.807) is 0 Å². The molecule has 0 aliphatic carbocycles. The molecule has 0 fully saturated rings. The number of H-pyrrole nitrogens is 1. The lowest BCUT2D eigenvalue weighted by Crippen LogP contribution is -2.42. The van der Waals surface area contributed by atoms with Crippen molar-refractivity contribution >= 4 is 21.7 Å². The second-order valence-electron chi connectivity index (χ2n) is 4.09. The van der Waals surface area contributed by atoms with Gasteiger partial charge >= 0.3 is 5.97 Å². The van der Waals surface area contributed by atoms with Gasteiger partial charge < -0.3 is 10.4 Å². The lowest BCUT2D eigenvalue weighted by molar-refractivity contribution is -0.139. The van der Waals surface area contributed by atoms with Crippen LogP contribution in [0, 0.1) is 0 Å². The van der Waals surface area contributed by atoms with Crippen molar-refractivity contribution in [3.63, 3.8) is 0 Å². The summed E-state index contributed by atoms with van der Waals surface area (Å²) < 4.78 is 22.0. The Morgan fingerprint density at radius 1 is 1.45 bits per heavy atom. The van der Waals surface area contributed by atoms with Gasteiger partial charge in [-0.3, -0.25) is 9.59 Å². The van der Waals surface area contributed by atoms with Crippen molar-refractivity contribution in [3.05, 3.63) is 28.2 Å². The number of aromatic amines is 1. The van der Waals surface area contributed by atoms with E-state index in [2.05, 4.69) is 10.4 Å². The number of hydrogen-bond acceptors (Lipinski definition) is 6. The number of carboxylic acid groups (broad SMARTS) is 1. The molecule has 0 radical (unpaired) electrons. The van der Waals surface area contributed by atoms with Crippen molar-refractivity contribution in [1.82, 2.24) is 15.5 Å². The summed E-state index contributed by atoms with van der Waals surface area (Å²) in [5.41, 5.74) is -0.677. The van der Waals surface area contributed by atoms with Crippen LogP contribution in [0.3, 0.4) is 0 Å². The lowest BCUT2D eigenvalue weighted by Gasteiger charge is -2.13. The van der Waals surface area contributed by atoms with E-state index in [4.69, 9.17) is 5.11 Å². The number of nitrogens with one attached hydrogen (secondary N) is 2. The molecule has 1 heterocycles. The fraction of sp³-hybridized carbons (Fsp3) is 0.400. The summed E-state index contributed by atoms with van der Waals surface area (Å²) in [4.78, 5) is 33.4. The van der Waals surface area contributed by atoms with Crippen LogP contribution in [-0.4, -0.2) is 53.6 Å². The number of carboxylic acids is 1. The number of amides is 1. The second-order valence-corrected chi connectivity index (χ2v) is 6.35. The maximum atomic E-state index is 11.7. The van der Waals surface area contributed by atoms with Crippen molar-refractivity contribution in [2.75, 3.05) is 12.0 Å². The number of aliphatic carboxylic acids is 1. The molecule has 0 saturated heterocycles. The first-order chi connectivity index (χ1) is 9.19. The van der Waals surface area contributed by atoms with Crippen LogP contribution in [0.15, 0.2) is 16.9 Å². The molecule has 1 aromatic rings. The molecule has 110 valence electrons. The fourth-order valence-corrected chi connectivity index (χ4v) is 1.96. The minimum atomic E-state index is -3.34. The van der Waals surface area contributed by atoms with E-state index >= 15 is 0 Å². The van der Waals surface area contributed by atoms with Crippen molar-refractivity contribution in [1.29, 1.82) is 0 Å². The van der Waals surface area contributed by atoms with Gasteiger partial charge in [0, 0.05) is 12.3 Å². The van der Waals surface area contributed by atoms with Gasteiger partial charge in [-0.25, -0.2) is 18.3 Å². The topological polar surface area (TPSA) is 146 Å². The molecule has 0 bridgehead atoms. The average molecular weight is 303 g/mol. The molecule has 0 aromatic carbocycles. The quantitative estimate of drug-likeness (QED) is 0.572. The molecule has 1 unspecified atom stereocenters. The summed E-state index contributed by atoms with van der Waals surface area (Å²) in [6.45, 7) is 0. The summed E-state index contributed by atoms with van der Waals surface area (Å²) in [6.07, 6.45) is 0.709. The Bertz CT molecular complexity index is 645. The van der Waals surface area contributed by atoms with Gasteiger partial charge in [0.15, 0.2) is 0 Å². The number of carbonyl (C=O) groups excluding carboxylic acids is 1. The van der Waals surface area contributed by atoms with Crippen LogP contribution < -0.4 is 10.9 Å². The minimum absolute atomic E-state index is 0.171. The maximum absolute atomic E-state index is 11.7. The van der Waals surface area contributed by atoms with E-state index in [-0.39, 0.29) is 17.9 Å². The summed E-state index contributed by atoms with van der Waals surface area (Å²) in [5.74, 6) is -2.54. The van der Waals surface area contributed by atoms with E-state index < -0.39 is 33.3 Å². The van der Waals surface area contributed by atoms with E-state index in [1.807, 2.05) is 5.10 Å². The number of hydrogen-bond donors (Lipinski definition) is 3. The molecule has 9 nitrogen and oxygen atoms in total. The van der Waals surface area contributed by atoms with Gasteiger partial charge in [0.25, 0.3) is 11.5 Å². The highest BCUT2D eigenvalue weighted by molar-refractivity contribution is 7.90. The zero-order valence-electron chi connectivity index (χ0n) is 10.5. The first-order valence-electron chi connectivity index (χ1n) is 5.46. The van der Waals surface area contributed by atoms with Gasteiger partial charge in [0.1, 0.15) is 21.6 Å². The number of sulfone groups is 1. The molecule has 1 atom stereocenters. The van der Waals surface area contributed by atoms with Crippen LogP contribution >= 0.6 is 0 Å². The van der Waals surface area contributed by atoms with Crippen LogP contribution in [0.4, 0.5) is 0 Å². The Balaban J connectivity index is 2.75. The standard InChI is InChI=1S/C10H13N3O6S/c1-20(18,19)5-4-7(10(16)17)11-9(15)6-2-3-8(14)13-12-6/h2-3,7H,4-5H2,1H3,(H,11,15)(H,13,14)(H,16,17). The maximum Gasteiger partial charge on any atom is 0.326 e. The summed E-state index contributed by atoms with van der Waals surface area (Å²) >= 11 is 0. The number of nitrogens with zero attached hydrogens (tertiary/aromatic N) is 1. The molecular weight excluding hydrogens is 290 g/mol. The number of rotatable bonds is 6. The first-order valence-corrected chi connectivity index (χ1v) is 7.52. The number of aromatic nitrogens is 2. The van der Waals surface area contributed by atoms with Crippen LogP contribution in [0.5, 0.6) is 0 Å². The Labute approximate surface area is 113 Å². The van der Waals surface area contributed by atoms with Gasteiger partial charge in [0.05, 0.1) is 5.75 Å². The molecule has 0 aliphatic heterocycles. The largest absolute Gasteiger partial charge is 0.480 e. The third-order valence-electron chi connectivity index (χ3n) is 2.29. The molecule has 20 heavy (non-hydrogen) atoms. The SMILES string of the molecule is CS(=O)(=O)CCC(NC(=O)c1ccc(=O)[nH]n1)C(=O)O. The first kappa shape index (κ1) is 15.8. The van der Waals surface area contributed by atoms with Gasteiger partial charge in [-0.15, -0.1) is 0 Å². The average Bonchev–Trinajstić information content (AvgIpc) is 2.33. The van der Waals surface area contributed by atoms with Crippen molar-refractivity contribution in [2.45, 2.75) is 12.5 Å². The van der Waals surface area contributed by atoms with Gasteiger partial charge in [0.2, 0.25) is 0 Å². The Kier molecular flexibility index (Phi) is 4.97. The molecule has 10 heteroatoms. The monoisotopic (exact) mass is 303 g/mol. The normalized spacial score (nSPS) is 12.7. The second kappa shape index (κ2) is 6.28. The molecule has 0 spiro atoms. The Hall–Kier alpha value is -2.23. The number of carbonyl (C=O) groups is 2. The molecule has 0 aliphatic rings. The van der Waals surface area contributed by atoms with E-state index in [0.717, 1.165) is 18.4 Å². The Morgan fingerprint density at radius 3 is 2.55 bits per heavy atom. The zero-order valence-corrected chi connectivity index (χ0v) is 11.3. The zero-order chi connectivity index (χ0) is 15.3. The predicted molar refractivity (Wildman–Crippen MR) is 68.1 cm³/mol. The summed E-state index contributed by atoms with van der Waals surface area (Å²) in [5, 5.41) is 16.5. The fourth-order valence-electron chi connectivity index (χ4n) is 1.29. The van der Waals surface area contributed by atoms with Crippen LogP contribution in [0.25, 0.3) is 0 Å². The van der Waals surface area contributed by atoms with Crippen molar-refractivity contribution in [2.24, 2.45) is 0 Å². The van der Waals surface area contributed by atoms with Crippen LogP contribution in [-0.2, 0) is 14.6 Å². The smallest absolute Gasteiger partial charge is 0.326 e. The van der Waals surface area contributed by atoms with E-state index in [0.29, 0.717) is 0 Å². The van der Waals surface area contributed by atoms with Crippen LogP contribution in [0.1, 0.15) is 16.9 Å². The molecular formula is C10H13N3O6S. The third-order valence-corrected chi connectivity index (χ3v) is 3.27. The van der Waals surface area contributed by atoms with Crippen LogP contribution in [0.2, 0.25) is 0 Å². The van der Waals surface area contributed by atoms with Crippen molar-refractivity contribution < 1.29 is 23.1 Å². The molecule has 1 aromatic heterocycles. The molecule has 0 saturated carbocycles. The highest BCUT2D eigenvalue weighted by Crippen LogP contribution is 1.99. The minimum Gasteiger partial charge on any atom is -0.480 e. The van der Waals surface area contributed by atoms with Gasteiger partial charge in [-0.1, -0.05) is 0 Å². The van der Waals surface area contributed by atoms with E-state index in [1.165, 1.54) is 0 Å². The highest BCUT2D eigenvalue weighted by Gasteiger charge is 2.22. The molecule has 1 amide bonds. The van der Waals surface area contributed by atoms with E-state index in [9.17, 15) is 22.8 Å². The lowest BCUT2D eigenvalue weighted by atomic mass is 10.2. The third kappa shape index (κ3) is 5.18. The predicted octanol–water partition coefficient (Wildman–Crippen LogP) is -1.61. The summed E-state index contributed by atoms with van der Waals surface area (Å²) in [7, 11) is -3.34.